The monoisotopic (exact) mass is 1060 g/mol. The van der Waals surface area contributed by atoms with E-state index in [0.29, 0.717) is 0 Å². The molecule has 0 aliphatic rings. The Morgan fingerprint density at radius 2 is 0.328 bits per heavy atom. The number of hydrogen-bond donors (Lipinski definition) is 3. The molecule has 0 amide bonds. The molecule has 61 heavy (non-hydrogen) atoms. The van der Waals surface area contributed by atoms with Crippen LogP contribution in [0.25, 0.3) is 0 Å². The first-order valence-corrected chi connectivity index (χ1v) is 15.6. The van der Waals surface area contributed by atoms with Gasteiger partial charge >= 0.3 is 38.5 Å². The van der Waals surface area contributed by atoms with E-state index in [1.54, 1.807) is 0 Å². The van der Waals surface area contributed by atoms with Crippen molar-refractivity contribution in [1.82, 2.24) is 18.5 Å². The van der Waals surface area contributed by atoms with Gasteiger partial charge in [0.05, 0.1) is 71.6 Å². The van der Waals surface area contributed by atoms with E-state index in [4.69, 9.17) is 0 Å². The zero-order chi connectivity index (χ0) is 43.6. The molecule has 0 aliphatic carbocycles. The number of nitrogens with zero attached hydrogens (tertiary/aromatic N) is 3. The van der Waals surface area contributed by atoms with Crippen LogP contribution in [-0.2, 0) is 126 Å². The zero-order valence-electron chi connectivity index (χ0n) is 31.6. The normalized spacial score (nSPS) is 9.36. The van der Waals surface area contributed by atoms with Gasteiger partial charge in [-0.3, -0.25) is 0 Å². The molecule has 35 heteroatoms. The Morgan fingerprint density at radius 3 is 0.361 bits per heavy atom. The van der Waals surface area contributed by atoms with Crippen LogP contribution in [0.4, 0.5) is 0 Å². The zero-order valence-corrected chi connectivity index (χ0v) is 38.0. The molecule has 0 aliphatic heterocycles. The summed E-state index contributed by atoms with van der Waals surface area (Å²) in [5, 5.41) is 125. The van der Waals surface area contributed by atoms with Gasteiger partial charge in [-0.1, -0.05) is 0 Å². The number of quaternary nitrogens is 3. The molecule has 0 aromatic rings. The van der Waals surface area contributed by atoms with Crippen LogP contribution in [0.5, 0.6) is 0 Å². The summed E-state index contributed by atoms with van der Waals surface area (Å²) in [4.78, 5) is 125. The molecule has 0 bridgehead atoms. The van der Waals surface area contributed by atoms with Crippen molar-refractivity contribution in [3.05, 3.63) is 6.92 Å². The molecule has 0 saturated heterocycles. The Labute approximate surface area is 405 Å². The average molecular weight is 1060 g/mol. The van der Waals surface area contributed by atoms with Crippen molar-refractivity contribution in [2.75, 3.05) is 78.5 Å². The topological polar surface area (TPSA) is 587 Å². The van der Waals surface area contributed by atoms with Gasteiger partial charge in [0.1, 0.15) is 78.5 Å². The average Bonchev–Trinajstić information content (AvgIpc) is 2.84. The maximum Gasteiger partial charge on any atom is 0 e. The van der Waals surface area contributed by atoms with Gasteiger partial charge in [0.15, 0.2) is 0 Å². The van der Waals surface area contributed by atoms with E-state index < -0.39 is 164 Å². The Kier molecular flexibility index (Phi) is 60.0. The maximum absolute atomic E-state index is 10.4. The molecule has 1 radical (unpaired) electrons. The summed E-state index contributed by atoms with van der Waals surface area (Å²) in [7, 11) is 0. The molecule has 0 atom stereocenters. The van der Waals surface area contributed by atoms with Crippen LogP contribution in [0.2, 0.25) is 3.67 Å². The number of carbonyl (C=O) groups is 12. The summed E-state index contributed by atoms with van der Waals surface area (Å²) in [5.41, 5.74) is 0. The minimum Gasteiger partial charge on any atom is 0 e. The third-order valence-corrected chi connectivity index (χ3v) is 5.57. The number of carbonyl (C=O) groups excluding carboxylic acids is 12. The van der Waals surface area contributed by atoms with Crippen molar-refractivity contribution in [2.45, 2.75) is 3.67 Å². The molecule has 0 heterocycles. The summed E-state index contributed by atoms with van der Waals surface area (Å²) in [5.74, 6) is -21.6. The summed E-state index contributed by atoms with van der Waals surface area (Å²) in [6, 6.07) is 0. The van der Waals surface area contributed by atoms with Crippen LogP contribution < -0.4 is 79.7 Å². The smallest absolute Gasteiger partial charge is 0 e. The summed E-state index contributed by atoms with van der Waals surface area (Å²) >= 11 is 1.26. The van der Waals surface area contributed by atoms with Crippen molar-refractivity contribution in [1.29, 1.82) is 0 Å². The van der Waals surface area contributed by atoms with Gasteiger partial charge < -0.3 is 151 Å². The second-order valence-corrected chi connectivity index (χ2v) is 11.9. The SMILES string of the molecule is N.N.N.O=C([O-])C[N+](CC(=O)[O-])(CC(=O)[O-])CC(=O)[O-].O=C([O-])C[N+](CC(=O)[O-])(CC(=O)[O-])CC(=O)[O-].O=C([O-])C[N+](CC(=O)[O-])(CC(=O)[O-])CC(=O)[O-].[CH2][CH2][Na].[Fe].[Fe].[Fe].[Fe]. The van der Waals surface area contributed by atoms with Crippen LogP contribution in [0.15, 0.2) is 0 Å². The fraction of sp³-hybridized carbons (Fsp3) is 0.500. The quantitative estimate of drug-likeness (QED) is 0.0597. The predicted molar refractivity (Wildman–Crippen MR) is 150 cm³/mol. The second kappa shape index (κ2) is 43.1. The standard InChI is InChI=1S/3C8H11NO8.C2H4.4Fe.3H3N.Na/c3*10-5(11)1-9(2-6(12)13,3-7(14)15)4-8(16)17;1-2;;;;;;;;/h3*1-4H2,(H3-,10,11,12,13,14,15,16,17);1-2H2;;;;;3*1H3;/p-9. The van der Waals surface area contributed by atoms with Crippen molar-refractivity contribution in [3.8, 4) is 0 Å². The van der Waals surface area contributed by atoms with Crippen LogP contribution in [-0.4, -0.2) is 192 Å². The molecule has 0 rings (SSSR count). The predicted octanol–water partition coefficient (Wildman–Crippen LogP) is -20.7. The van der Waals surface area contributed by atoms with Crippen molar-refractivity contribution < 1.29 is 201 Å². The first-order chi connectivity index (χ1) is 24.4. The van der Waals surface area contributed by atoms with Gasteiger partial charge in [0.2, 0.25) is 0 Å². The Balaban J connectivity index is -0.0000000625. The molecule has 357 valence electrons. The Morgan fingerprint density at radius 1 is 0.279 bits per heavy atom. The van der Waals surface area contributed by atoms with Gasteiger partial charge in [0, 0.05) is 68.3 Å². The second-order valence-electron chi connectivity index (χ2n) is 10.9. The Bertz CT molecular complexity index is 1060. The van der Waals surface area contributed by atoms with E-state index in [0.717, 1.165) is 3.67 Å². The molecule has 0 aromatic carbocycles. The molecule has 9 N–H and O–H groups in total. The van der Waals surface area contributed by atoms with E-state index in [1.165, 1.54) is 27.9 Å². The van der Waals surface area contributed by atoms with E-state index in [-0.39, 0.29) is 86.7 Å². The van der Waals surface area contributed by atoms with Crippen molar-refractivity contribution >= 4 is 99.6 Å². The number of aliphatic carboxylic acids is 12. The van der Waals surface area contributed by atoms with Gasteiger partial charge in [-0.25, -0.2) is 0 Å². The third-order valence-electron chi connectivity index (χ3n) is 5.57. The van der Waals surface area contributed by atoms with Crippen LogP contribution >= 0.6 is 0 Å². The van der Waals surface area contributed by atoms with Crippen LogP contribution in [0, 0.1) is 6.92 Å². The summed E-state index contributed by atoms with van der Waals surface area (Å²) in [6.07, 6.45) is 0. The molecular weight excluding hydrogens is 1030 g/mol. The van der Waals surface area contributed by atoms with Crippen molar-refractivity contribution in [3.63, 3.8) is 0 Å². The molecule has 0 aromatic heterocycles. The summed E-state index contributed by atoms with van der Waals surface area (Å²) < 4.78 is -2.83. The minimum absolute atomic E-state index is 0. The van der Waals surface area contributed by atoms with Gasteiger partial charge in [-0.05, 0) is 0 Å². The molecule has 0 saturated carbocycles. The van der Waals surface area contributed by atoms with Crippen LogP contribution in [0.1, 0.15) is 0 Å². The fourth-order valence-corrected chi connectivity index (χ4v) is 4.29. The van der Waals surface area contributed by atoms with Gasteiger partial charge in [0.25, 0.3) is 0 Å². The molecule has 30 nitrogen and oxygen atoms in total. The van der Waals surface area contributed by atoms with E-state index in [1.807, 2.05) is 0 Å². The number of hydrogen-bond acceptors (Lipinski definition) is 27. The maximum atomic E-state index is 10.4. The molecule has 0 spiro atoms. The van der Waals surface area contributed by atoms with Gasteiger partial charge in [-0.15, -0.1) is 0 Å². The van der Waals surface area contributed by atoms with Crippen molar-refractivity contribution in [2.24, 2.45) is 0 Å². The molecular formula is C26H37Fe4N6NaO24-9. The van der Waals surface area contributed by atoms with E-state index in [9.17, 15) is 119 Å². The van der Waals surface area contributed by atoms with Crippen LogP contribution in [0.3, 0.4) is 0 Å². The van der Waals surface area contributed by atoms with E-state index >= 15 is 0 Å². The number of carboxylic acid groups (broad SMARTS) is 12. The largest absolute Gasteiger partial charge is 0 e. The number of rotatable bonds is 24. The molecule has 0 unspecified atom stereocenters. The molecule has 0 fully saturated rings. The minimum atomic E-state index is -1.80. The third kappa shape index (κ3) is 52.5. The number of carboxylic acids is 12. The Hall–Kier alpha value is -3.52. The fourth-order valence-electron chi connectivity index (χ4n) is 4.29. The first-order valence-electron chi connectivity index (χ1n) is 14.1. The van der Waals surface area contributed by atoms with E-state index in [2.05, 4.69) is 6.92 Å². The first kappa shape index (κ1) is 84.9. The summed E-state index contributed by atoms with van der Waals surface area (Å²) in [6.45, 7) is -9.83. The van der Waals surface area contributed by atoms with Gasteiger partial charge in [-0.2, -0.15) is 0 Å².